The van der Waals surface area contributed by atoms with Gasteiger partial charge in [0.05, 0.1) is 18.3 Å². The van der Waals surface area contributed by atoms with Gasteiger partial charge in [0.15, 0.2) is 5.75 Å². The fraction of sp³-hybridized carbons (Fsp3) is 0.286. The van der Waals surface area contributed by atoms with Gasteiger partial charge >= 0.3 is 0 Å². The van der Waals surface area contributed by atoms with Crippen LogP contribution in [-0.4, -0.2) is 15.7 Å². The Bertz CT molecular complexity index is 577. The lowest BCUT2D eigenvalue weighted by Crippen LogP contribution is -2.33. The van der Waals surface area contributed by atoms with E-state index in [1.807, 2.05) is 44.4 Å². The maximum atomic E-state index is 11.4. The fourth-order valence-corrected chi connectivity index (χ4v) is 1.82. The molecule has 1 aromatic heterocycles. The van der Waals surface area contributed by atoms with Gasteiger partial charge in [-0.25, -0.2) is 5.84 Å². The van der Waals surface area contributed by atoms with Crippen molar-refractivity contribution in [2.24, 2.45) is 12.9 Å². The van der Waals surface area contributed by atoms with E-state index in [1.54, 1.807) is 10.9 Å². The van der Waals surface area contributed by atoms with Crippen LogP contribution in [0.2, 0.25) is 0 Å². The minimum absolute atomic E-state index is 0.204. The van der Waals surface area contributed by atoms with Gasteiger partial charge in [-0.1, -0.05) is 24.3 Å². The molecule has 1 amide bonds. The summed E-state index contributed by atoms with van der Waals surface area (Å²) in [6.45, 7) is 2.27. The van der Waals surface area contributed by atoms with Gasteiger partial charge in [0.25, 0.3) is 0 Å². The monoisotopic (exact) mass is 274 g/mol. The highest BCUT2D eigenvalue weighted by molar-refractivity contribution is 5.82. The molecule has 0 aliphatic rings. The third-order valence-electron chi connectivity index (χ3n) is 3.10. The number of amides is 1. The second kappa shape index (κ2) is 6.21. The van der Waals surface area contributed by atoms with Crippen LogP contribution in [0.4, 0.5) is 0 Å². The number of carbonyl (C=O) groups excluding carboxylic acids is 1. The number of benzene rings is 1. The van der Waals surface area contributed by atoms with Crippen molar-refractivity contribution in [2.45, 2.75) is 19.4 Å². The number of rotatable bonds is 5. The molecule has 1 heterocycles. The average molecular weight is 274 g/mol. The van der Waals surface area contributed by atoms with E-state index < -0.39 is 0 Å². The number of nitrogens with one attached hydrogen (secondary N) is 1. The molecule has 20 heavy (non-hydrogen) atoms. The summed E-state index contributed by atoms with van der Waals surface area (Å²) < 4.78 is 7.29. The Morgan fingerprint density at radius 3 is 2.70 bits per heavy atom. The smallest absolute Gasteiger partial charge is 0.241 e. The van der Waals surface area contributed by atoms with Crippen molar-refractivity contribution < 1.29 is 9.53 Å². The molecule has 1 aromatic carbocycles. The summed E-state index contributed by atoms with van der Waals surface area (Å²) >= 11 is 0. The SMILES string of the molecule is CC(C(=O)NN)c1ccc(COc2cnn(C)c2)cc1. The maximum absolute atomic E-state index is 11.4. The van der Waals surface area contributed by atoms with Gasteiger partial charge in [-0.3, -0.25) is 14.9 Å². The Kier molecular flexibility index (Phi) is 4.37. The van der Waals surface area contributed by atoms with E-state index in [0.717, 1.165) is 16.9 Å². The molecule has 0 saturated carbocycles. The number of hydrogen-bond donors (Lipinski definition) is 2. The lowest BCUT2D eigenvalue weighted by atomic mass is 9.99. The molecule has 6 nitrogen and oxygen atoms in total. The molecule has 0 fully saturated rings. The standard InChI is InChI=1S/C14H18N4O2/c1-10(14(19)17-15)12-5-3-11(4-6-12)9-20-13-7-16-18(2)8-13/h3-8,10H,9,15H2,1-2H3,(H,17,19). The molecule has 0 saturated heterocycles. The largest absolute Gasteiger partial charge is 0.486 e. The van der Waals surface area contributed by atoms with Crippen LogP contribution in [0, 0.1) is 0 Å². The third kappa shape index (κ3) is 3.36. The van der Waals surface area contributed by atoms with Crippen molar-refractivity contribution in [1.29, 1.82) is 0 Å². The number of aromatic nitrogens is 2. The topological polar surface area (TPSA) is 82.2 Å². The summed E-state index contributed by atoms with van der Waals surface area (Å²) in [5, 5.41) is 4.03. The second-order valence-corrected chi connectivity index (χ2v) is 4.61. The predicted octanol–water partition coefficient (Wildman–Crippen LogP) is 1.09. The first-order valence-corrected chi connectivity index (χ1v) is 6.31. The third-order valence-corrected chi connectivity index (χ3v) is 3.10. The van der Waals surface area contributed by atoms with Crippen molar-refractivity contribution in [3.8, 4) is 5.75 Å². The number of hydrazine groups is 1. The van der Waals surface area contributed by atoms with Gasteiger partial charge in [-0.15, -0.1) is 0 Å². The zero-order chi connectivity index (χ0) is 14.5. The molecule has 0 radical (unpaired) electrons. The first kappa shape index (κ1) is 14.1. The summed E-state index contributed by atoms with van der Waals surface area (Å²) in [7, 11) is 1.84. The molecule has 0 spiro atoms. The molecule has 0 aliphatic heterocycles. The van der Waals surface area contributed by atoms with Crippen LogP contribution in [0.3, 0.4) is 0 Å². The van der Waals surface area contributed by atoms with E-state index in [4.69, 9.17) is 10.6 Å². The second-order valence-electron chi connectivity index (χ2n) is 4.61. The zero-order valence-electron chi connectivity index (χ0n) is 11.5. The van der Waals surface area contributed by atoms with Crippen LogP contribution in [0.1, 0.15) is 24.0 Å². The van der Waals surface area contributed by atoms with E-state index in [9.17, 15) is 4.79 Å². The first-order chi connectivity index (χ1) is 9.60. The molecule has 1 unspecified atom stereocenters. The lowest BCUT2D eigenvalue weighted by molar-refractivity contribution is -0.122. The van der Waals surface area contributed by atoms with Crippen molar-refractivity contribution in [2.75, 3.05) is 0 Å². The maximum Gasteiger partial charge on any atom is 0.241 e. The summed E-state index contributed by atoms with van der Waals surface area (Å²) in [5.41, 5.74) is 4.09. The Morgan fingerprint density at radius 1 is 1.45 bits per heavy atom. The first-order valence-electron chi connectivity index (χ1n) is 6.31. The molecule has 1 atom stereocenters. The van der Waals surface area contributed by atoms with E-state index >= 15 is 0 Å². The minimum atomic E-state index is -0.270. The van der Waals surface area contributed by atoms with Crippen molar-refractivity contribution in [3.05, 3.63) is 47.8 Å². The van der Waals surface area contributed by atoms with Gasteiger partial charge in [0, 0.05) is 7.05 Å². The number of aryl methyl sites for hydroxylation is 1. The Morgan fingerprint density at radius 2 is 2.15 bits per heavy atom. The highest BCUT2D eigenvalue weighted by Crippen LogP contribution is 2.17. The van der Waals surface area contributed by atoms with Gasteiger partial charge in [-0.2, -0.15) is 5.10 Å². The number of carbonyl (C=O) groups is 1. The molecular formula is C14H18N4O2. The van der Waals surface area contributed by atoms with Crippen molar-refractivity contribution in [1.82, 2.24) is 15.2 Å². The Hall–Kier alpha value is -2.34. The van der Waals surface area contributed by atoms with Gasteiger partial charge in [-0.05, 0) is 18.1 Å². The normalized spacial score (nSPS) is 11.9. The van der Waals surface area contributed by atoms with E-state index in [0.29, 0.717) is 6.61 Å². The molecule has 6 heteroatoms. The molecule has 106 valence electrons. The van der Waals surface area contributed by atoms with Gasteiger partial charge in [0.1, 0.15) is 6.61 Å². The fourth-order valence-electron chi connectivity index (χ4n) is 1.82. The quantitative estimate of drug-likeness (QED) is 0.486. The average Bonchev–Trinajstić information content (AvgIpc) is 2.89. The molecule has 2 rings (SSSR count). The molecule has 0 aliphatic carbocycles. The summed E-state index contributed by atoms with van der Waals surface area (Å²) in [6, 6.07) is 7.68. The van der Waals surface area contributed by atoms with E-state index in [2.05, 4.69) is 10.5 Å². The molecule has 3 N–H and O–H groups in total. The number of nitrogens with zero attached hydrogens (tertiary/aromatic N) is 2. The van der Waals surface area contributed by atoms with Gasteiger partial charge in [0.2, 0.25) is 5.91 Å². The van der Waals surface area contributed by atoms with Crippen LogP contribution in [-0.2, 0) is 18.4 Å². The number of hydrogen-bond acceptors (Lipinski definition) is 4. The van der Waals surface area contributed by atoms with Gasteiger partial charge < -0.3 is 4.74 Å². The highest BCUT2D eigenvalue weighted by Gasteiger charge is 2.13. The number of nitrogens with two attached hydrogens (primary N) is 1. The van der Waals surface area contributed by atoms with Crippen LogP contribution < -0.4 is 16.0 Å². The van der Waals surface area contributed by atoms with Crippen molar-refractivity contribution >= 4 is 5.91 Å². The molecular weight excluding hydrogens is 256 g/mol. The number of ether oxygens (including phenoxy) is 1. The summed E-state index contributed by atoms with van der Waals surface area (Å²) in [6.07, 6.45) is 3.48. The van der Waals surface area contributed by atoms with E-state index in [1.165, 1.54) is 0 Å². The Balaban J connectivity index is 1.96. The summed E-state index contributed by atoms with van der Waals surface area (Å²) in [5.74, 6) is 5.38. The minimum Gasteiger partial charge on any atom is -0.486 e. The van der Waals surface area contributed by atoms with Crippen LogP contribution >= 0.6 is 0 Å². The zero-order valence-corrected chi connectivity index (χ0v) is 11.5. The molecule has 2 aromatic rings. The van der Waals surface area contributed by atoms with Crippen LogP contribution in [0.5, 0.6) is 5.75 Å². The Labute approximate surface area is 117 Å². The van der Waals surface area contributed by atoms with Crippen LogP contribution in [0.25, 0.3) is 0 Å². The highest BCUT2D eigenvalue weighted by atomic mass is 16.5. The predicted molar refractivity (Wildman–Crippen MR) is 74.7 cm³/mol. The van der Waals surface area contributed by atoms with Crippen molar-refractivity contribution in [3.63, 3.8) is 0 Å². The summed E-state index contributed by atoms with van der Waals surface area (Å²) in [4.78, 5) is 11.4. The van der Waals surface area contributed by atoms with Crippen LogP contribution in [0.15, 0.2) is 36.7 Å². The molecule has 0 bridgehead atoms. The van der Waals surface area contributed by atoms with E-state index in [-0.39, 0.29) is 11.8 Å². The lowest BCUT2D eigenvalue weighted by Gasteiger charge is -2.11.